The van der Waals surface area contributed by atoms with Crippen molar-refractivity contribution in [3.8, 4) is 0 Å². The minimum atomic E-state index is 0.685. The van der Waals surface area contributed by atoms with Gasteiger partial charge in [0.2, 0.25) is 0 Å². The first-order valence-electron chi connectivity index (χ1n) is 6.41. The molecular weight excluding hydrogens is 200 g/mol. The number of hydrogen-bond donors (Lipinski definition) is 1. The summed E-state index contributed by atoms with van der Waals surface area (Å²) in [6, 6.07) is 5.53. The summed E-state index contributed by atoms with van der Waals surface area (Å²) in [5.41, 5.74) is 0. The third-order valence-electron chi connectivity index (χ3n) is 3.97. The van der Waals surface area contributed by atoms with E-state index in [1.165, 1.54) is 38.8 Å². The Hall–Kier alpha value is -0.800. The van der Waals surface area contributed by atoms with E-state index in [0.29, 0.717) is 6.04 Å². The Kier molecular flexibility index (Phi) is 2.98. The average molecular weight is 220 g/mol. The Balaban J connectivity index is 1.49. The van der Waals surface area contributed by atoms with Crippen molar-refractivity contribution < 1.29 is 4.42 Å². The molecule has 2 saturated heterocycles. The zero-order valence-corrected chi connectivity index (χ0v) is 9.69. The molecule has 16 heavy (non-hydrogen) atoms. The van der Waals surface area contributed by atoms with Crippen molar-refractivity contribution >= 4 is 0 Å². The van der Waals surface area contributed by atoms with Crippen LogP contribution < -0.4 is 5.32 Å². The van der Waals surface area contributed by atoms with E-state index in [4.69, 9.17) is 4.42 Å². The summed E-state index contributed by atoms with van der Waals surface area (Å²) in [6.07, 6.45) is 7.16. The third-order valence-corrected chi connectivity index (χ3v) is 3.97. The van der Waals surface area contributed by atoms with E-state index in [2.05, 4.69) is 10.2 Å². The number of piperidine rings is 1. The number of rotatable bonds is 3. The maximum Gasteiger partial charge on any atom is 0.117 e. The van der Waals surface area contributed by atoms with Gasteiger partial charge in [-0.2, -0.15) is 0 Å². The lowest BCUT2D eigenvalue weighted by Crippen LogP contribution is -2.45. The molecule has 3 nitrogen and oxygen atoms in total. The molecule has 2 unspecified atom stereocenters. The van der Waals surface area contributed by atoms with Gasteiger partial charge in [-0.05, 0) is 50.9 Å². The fourth-order valence-corrected chi connectivity index (χ4v) is 3.07. The summed E-state index contributed by atoms with van der Waals surface area (Å²) in [5.74, 6) is 1.05. The Morgan fingerprint density at radius 3 is 3.25 bits per heavy atom. The van der Waals surface area contributed by atoms with Crippen LogP contribution in [0.1, 0.15) is 31.4 Å². The number of furan rings is 1. The Morgan fingerprint density at radius 1 is 1.38 bits per heavy atom. The highest BCUT2D eigenvalue weighted by atomic mass is 16.3. The van der Waals surface area contributed by atoms with Crippen LogP contribution >= 0.6 is 0 Å². The lowest BCUT2D eigenvalue weighted by Gasteiger charge is -2.35. The minimum absolute atomic E-state index is 0.685. The molecule has 0 aliphatic carbocycles. The second-order valence-electron chi connectivity index (χ2n) is 5.01. The van der Waals surface area contributed by atoms with Crippen molar-refractivity contribution in [3.05, 3.63) is 24.2 Å². The topological polar surface area (TPSA) is 28.4 Å². The molecule has 2 aliphatic rings. The molecule has 3 heteroatoms. The molecule has 88 valence electrons. The lowest BCUT2D eigenvalue weighted by molar-refractivity contribution is 0.165. The second-order valence-corrected chi connectivity index (χ2v) is 5.01. The molecule has 2 fully saturated rings. The van der Waals surface area contributed by atoms with Crippen molar-refractivity contribution in [1.82, 2.24) is 10.2 Å². The number of hydrogen-bond acceptors (Lipinski definition) is 3. The highest BCUT2D eigenvalue weighted by Crippen LogP contribution is 2.26. The zero-order valence-electron chi connectivity index (χ0n) is 9.69. The Labute approximate surface area is 96.8 Å². The molecule has 2 aliphatic heterocycles. The van der Waals surface area contributed by atoms with Crippen molar-refractivity contribution in [3.63, 3.8) is 0 Å². The summed E-state index contributed by atoms with van der Waals surface area (Å²) >= 11 is 0. The highest BCUT2D eigenvalue weighted by molar-refractivity contribution is 4.98. The molecule has 0 aromatic carbocycles. The quantitative estimate of drug-likeness (QED) is 0.844. The van der Waals surface area contributed by atoms with Gasteiger partial charge in [-0.1, -0.05) is 0 Å². The molecule has 0 radical (unpaired) electrons. The lowest BCUT2D eigenvalue weighted by atomic mass is 9.97. The van der Waals surface area contributed by atoms with Crippen molar-refractivity contribution in [2.75, 3.05) is 13.1 Å². The summed E-state index contributed by atoms with van der Waals surface area (Å²) in [7, 11) is 0. The summed E-state index contributed by atoms with van der Waals surface area (Å²) in [4.78, 5) is 2.66. The number of fused-ring (bicyclic) bond motifs is 1. The van der Waals surface area contributed by atoms with Crippen LogP contribution in [-0.4, -0.2) is 30.1 Å². The molecule has 3 heterocycles. The average Bonchev–Trinajstić information content (AvgIpc) is 2.97. The molecule has 3 rings (SSSR count). The van der Waals surface area contributed by atoms with Crippen LogP contribution in [0.5, 0.6) is 0 Å². The van der Waals surface area contributed by atoms with Gasteiger partial charge < -0.3 is 14.6 Å². The molecule has 2 atom stereocenters. The first-order chi connectivity index (χ1) is 7.92. The van der Waals surface area contributed by atoms with Gasteiger partial charge in [0.1, 0.15) is 5.76 Å². The van der Waals surface area contributed by atoms with Gasteiger partial charge in [0, 0.05) is 12.1 Å². The maximum atomic E-state index is 5.34. The highest BCUT2D eigenvalue weighted by Gasteiger charge is 2.31. The van der Waals surface area contributed by atoms with Crippen LogP contribution in [0.2, 0.25) is 0 Å². The van der Waals surface area contributed by atoms with E-state index in [9.17, 15) is 0 Å². The first kappa shape index (κ1) is 10.4. The molecule has 0 spiro atoms. The standard InChI is InChI=1S/C13H20N2O/c1-3-12-9-11(5-7-15(12)6-1)14-10-13-4-2-8-16-13/h2,4,8,11-12,14H,1,3,5-7,9-10H2. The van der Waals surface area contributed by atoms with E-state index in [-0.39, 0.29) is 0 Å². The largest absolute Gasteiger partial charge is 0.468 e. The second kappa shape index (κ2) is 4.60. The van der Waals surface area contributed by atoms with Gasteiger partial charge in [0.25, 0.3) is 0 Å². The Morgan fingerprint density at radius 2 is 2.38 bits per heavy atom. The summed E-state index contributed by atoms with van der Waals surface area (Å²) < 4.78 is 5.34. The predicted octanol–water partition coefficient (Wildman–Crippen LogP) is 2.00. The van der Waals surface area contributed by atoms with E-state index in [1.807, 2.05) is 12.1 Å². The van der Waals surface area contributed by atoms with Crippen LogP contribution in [0.3, 0.4) is 0 Å². The smallest absolute Gasteiger partial charge is 0.117 e. The monoisotopic (exact) mass is 220 g/mol. The van der Waals surface area contributed by atoms with E-state index in [1.54, 1.807) is 6.26 Å². The Bertz CT molecular complexity index is 323. The molecular formula is C13H20N2O. The van der Waals surface area contributed by atoms with Gasteiger partial charge >= 0.3 is 0 Å². The van der Waals surface area contributed by atoms with Crippen LogP contribution in [0.25, 0.3) is 0 Å². The van der Waals surface area contributed by atoms with Gasteiger partial charge in [0.15, 0.2) is 0 Å². The summed E-state index contributed by atoms with van der Waals surface area (Å²) in [6.45, 7) is 3.49. The fourth-order valence-electron chi connectivity index (χ4n) is 3.07. The summed E-state index contributed by atoms with van der Waals surface area (Å²) in [5, 5.41) is 3.62. The number of nitrogens with one attached hydrogen (secondary N) is 1. The van der Waals surface area contributed by atoms with Crippen LogP contribution in [0.15, 0.2) is 22.8 Å². The predicted molar refractivity (Wildman–Crippen MR) is 63.2 cm³/mol. The SMILES string of the molecule is c1coc(CNC2CCN3CCCC3C2)c1. The van der Waals surface area contributed by atoms with E-state index < -0.39 is 0 Å². The molecule has 0 saturated carbocycles. The van der Waals surface area contributed by atoms with Gasteiger partial charge in [0.05, 0.1) is 12.8 Å². The zero-order chi connectivity index (χ0) is 10.8. The van der Waals surface area contributed by atoms with Crippen molar-refractivity contribution in [2.24, 2.45) is 0 Å². The molecule has 1 aromatic rings. The first-order valence-corrected chi connectivity index (χ1v) is 6.41. The van der Waals surface area contributed by atoms with Crippen molar-refractivity contribution in [1.29, 1.82) is 0 Å². The molecule has 1 aromatic heterocycles. The van der Waals surface area contributed by atoms with Crippen LogP contribution in [0, 0.1) is 0 Å². The van der Waals surface area contributed by atoms with Gasteiger partial charge in [-0.3, -0.25) is 0 Å². The molecule has 0 amide bonds. The van der Waals surface area contributed by atoms with Gasteiger partial charge in [-0.15, -0.1) is 0 Å². The van der Waals surface area contributed by atoms with E-state index in [0.717, 1.165) is 18.3 Å². The number of nitrogens with zero attached hydrogens (tertiary/aromatic N) is 1. The van der Waals surface area contributed by atoms with E-state index >= 15 is 0 Å². The maximum absolute atomic E-state index is 5.34. The van der Waals surface area contributed by atoms with Crippen LogP contribution in [-0.2, 0) is 6.54 Å². The molecule has 1 N–H and O–H groups in total. The minimum Gasteiger partial charge on any atom is -0.468 e. The molecule has 0 bridgehead atoms. The third kappa shape index (κ3) is 2.15. The van der Waals surface area contributed by atoms with Crippen LogP contribution in [0.4, 0.5) is 0 Å². The fraction of sp³-hybridized carbons (Fsp3) is 0.692. The van der Waals surface area contributed by atoms with Crippen molar-refractivity contribution in [2.45, 2.75) is 44.3 Å². The van der Waals surface area contributed by atoms with Gasteiger partial charge in [-0.25, -0.2) is 0 Å². The normalized spacial score (nSPS) is 30.5.